The van der Waals surface area contributed by atoms with E-state index in [9.17, 15) is 0 Å². The van der Waals surface area contributed by atoms with Gasteiger partial charge >= 0.3 is 0 Å². The average molecular weight is 917 g/mol. The van der Waals surface area contributed by atoms with Crippen molar-refractivity contribution >= 4 is 34.7 Å². The predicted molar refractivity (Wildman–Crippen MR) is 297 cm³/mol. The first-order valence-corrected chi connectivity index (χ1v) is 27.1. The lowest BCUT2D eigenvalue weighted by atomic mass is 9.26. The van der Waals surface area contributed by atoms with E-state index in [1.165, 1.54) is 68.8 Å². The van der Waals surface area contributed by atoms with Gasteiger partial charge in [0.05, 0.1) is 6.04 Å². The minimum Gasteiger partial charge on any atom is -0.361 e. The Morgan fingerprint density at radius 1 is 0.690 bits per heavy atom. The fourth-order valence-electron chi connectivity index (χ4n) is 16.0. The van der Waals surface area contributed by atoms with Gasteiger partial charge < -0.3 is 9.80 Å². The zero-order valence-corrected chi connectivity index (χ0v) is 40.9. The fourth-order valence-corrected chi connectivity index (χ4v) is 16.0. The molecule has 0 aromatic heterocycles. The molecule has 0 spiro atoms. The molecule has 2 nitrogen and oxygen atoms in total. The van der Waals surface area contributed by atoms with Crippen molar-refractivity contribution in [1.82, 2.24) is 0 Å². The van der Waals surface area contributed by atoms with Crippen molar-refractivity contribution in [1.29, 1.82) is 0 Å². The van der Waals surface area contributed by atoms with E-state index in [2.05, 4.69) is 217 Å². The van der Waals surface area contributed by atoms with E-state index in [1.54, 1.807) is 39.0 Å². The van der Waals surface area contributed by atoms with Crippen molar-refractivity contribution in [2.45, 2.75) is 99.9 Å². The number of rotatable bonds is 7. The van der Waals surface area contributed by atoms with Crippen molar-refractivity contribution in [3.63, 3.8) is 0 Å². The molecule has 2 fully saturated rings. The molecule has 0 radical (unpaired) electrons. The first-order valence-electron chi connectivity index (χ1n) is 27.1. The molecule has 4 heterocycles. The molecule has 6 aliphatic carbocycles. The molecule has 8 unspecified atom stereocenters. The van der Waals surface area contributed by atoms with Gasteiger partial charge in [0.15, 0.2) is 0 Å². The van der Waals surface area contributed by atoms with Crippen LogP contribution in [0.4, 0.5) is 11.4 Å². The zero-order chi connectivity index (χ0) is 46.8. The SMILES string of the molecule is CC(C1=CCCC=C1)(C1=CC=CCC1)c1ccc2c3c1N1C4CC=C(c5ccccc5)C=C4C4CC(c5ccccc5)CC(B3C3=C5C(CC(c6ccccc6)=C3)C3=C(C=CC(c6ccccc6)C3)N52)C41. The summed E-state index contributed by atoms with van der Waals surface area (Å²) in [6.45, 7) is 2.88. The molecule has 5 aromatic rings. The maximum Gasteiger partial charge on any atom is 0.222 e. The van der Waals surface area contributed by atoms with Crippen molar-refractivity contribution < 1.29 is 0 Å². The van der Waals surface area contributed by atoms with Crippen molar-refractivity contribution in [2.24, 2.45) is 11.8 Å². The monoisotopic (exact) mass is 916 g/mol. The van der Waals surface area contributed by atoms with E-state index in [4.69, 9.17) is 0 Å². The van der Waals surface area contributed by atoms with Crippen LogP contribution in [0.5, 0.6) is 0 Å². The Labute approximate surface area is 421 Å². The Morgan fingerprint density at radius 2 is 1.45 bits per heavy atom. The Balaban J connectivity index is 1.02. The van der Waals surface area contributed by atoms with Gasteiger partial charge in [-0.3, -0.25) is 0 Å². The predicted octanol–water partition coefficient (Wildman–Crippen LogP) is 15.5. The molecular formula is C68H61BN2. The number of fused-ring (bicyclic) bond motifs is 9. The third-order valence-corrected chi connectivity index (χ3v) is 19.1. The highest BCUT2D eigenvalue weighted by Crippen LogP contribution is 2.65. The Bertz CT molecular complexity index is 3340. The summed E-state index contributed by atoms with van der Waals surface area (Å²) in [5.74, 6) is 2.07. The number of anilines is 2. The van der Waals surface area contributed by atoms with Gasteiger partial charge in [0.2, 0.25) is 6.71 Å². The van der Waals surface area contributed by atoms with Crippen LogP contribution in [0, 0.1) is 11.8 Å². The maximum absolute atomic E-state index is 3.12. The van der Waals surface area contributed by atoms with E-state index in [0.717, 1.165) is 44.9 Å². The van der Waals surface area contributed by atoms with Gasteiger partial charge in [0.25, 0.3) is 0 Å². The average Bonchev–Trinajstić information content (AvgIpc) is 3.96. The third-order valence-electron chi connectivity index (χ3n) is 19.1. The standard InChI is InChI=1S/C68H61BN2/c1-68(52-28-16-6-17-29-52,53-30-18-7-19-31-53)58-34-37-63-64-67(58)71-62-36-33-49(45-22-10-3-11-23-45)39-55(62)57-41-51(47-26-14-5-15-27-47)43-60(66(57)71)69(64)59-42-50(46-24-12-4-13-25-46)40-56-54-38-48(44-20-8-2-9-21-44)32-35-61(54)70(63)65(56)59/h2-6,8-16,18,20-28,30-35,37,39,42,48,51,56-57,60,62,66H,7,17,19,29,36,38,40-41,43H2,1H3. The molecule has 8 atom stereocenters. The van der Waals surface area contributed by atoms with Crippen LogP contribution in [0.25, 0.3) is 11.1 Å². The lowest BCUT2D eigenvalue weighted by Crippen LogP contribution is -2.62. The lowest BCUT2D eigenvalue weighted by Gasteiger charge is -2.55. The smallest absolute Gasteiger partial charge is 0.222 e. The second-order valence-electron chi connectivity index (χ2n) is 22.4. The molecule has 1 saturated heterocycles. The molecule has 4 aliphatic heterocycles. The molecule has 10 aliphatic rings. The highest BCUT2D eigenvalue weighted by molar-refractivity contribution is 6.85. The second-order valence-corrected chi connectivity index (χ2v) is 22.4. The summed E-state index contributed by atoms with van der Waals surface area (Å²) in [5, 5.41) is 0. The summed E-state index contributed by atoms with van der Waals surface area (Å²) in [5.41, 5.74) is 25.4. The Morgan fingerprint density at radius 3 is 2.20 bits per heavy atom. The maximum atomic E-state index is 3.12. The van der Waals surface area contributed by atoms with Crippen LogP contribution in [0.15, 0.2) is 239 Å². The molecular weight excluding hydrogens is 856 g/mol. The van der Waals surface area contributed by atoms with Crippen molar-refractivity contribution in [2.75, 3.05) is 9.80 Å². The van der Waals surface area contributed by atoms with E-state index in [-0.39, 0.29) is 12.1 Å². The molecule has 5 aromatic carbocycles. The van der Waals surface area contributed by atoms with Crippen molar-refractivity contribution in [3.05, 3.63) is 267 Å². The molecule has 0 bridgehead atoms. The Hall–Kier alpha value is -6.84. The number of hydrogen-bond acceptors (Lipinski definition) is 2. The van der Waals surface area contributed by atoms with E-state index in [0.29, 0.717) is 41.6 Å². The van der Waals surface area contributed by atoms with Crippen LogP contribution in [0.2, 0.25) is 5.82 Å². The molecule has 346 valence electrons. The van der Waals surface area contributed by atoms with Gasteiger partial charge in [-0.05, 0) is 150 Å². The summed E-state index contributed by atoms with van der Waals surface area (Å²) in [4.78, 5) is 5.96. The first kappa shape index (κ1) is 41.9. The molecule has 0 N–H and O–H groups in total. The fraction of sp³-hybridized carbons (Fsp3) is 0.265. The summed E-state index contributed by atoms with van der Waals surface area (Å²) in [7, 11) is 0. The van der Waals surface area contributed by atoms with E-state index < -0.39 is 0 Å². The molecule has 3 heteroatoms. The van der Waals surface area contributed by atoms with Crippen LogP contribution in [-0.2, 0) is 5.41 Å². The summed E-state index contributed by atoms with van der Waals surface area (Å²) in [6.07, 6.45) is 37.8. The summed E-state index contributed by atoms with van der Waals surface area (Å²) in [6, 6.07) is 51.7. The zero-order valence-electron chi connectivity index (χ0n) is 40.9. The molecule has 71 heavy (non-hydrogen) atoms. The number of benzene rings is 5. The summed E-state index contributed by atoms with van der Waals surface area (Å²) >= 11 is 0. The van der Waals surface area contributed by atoms with Gasteiger partial charge in [0.1, 0.15) is 0 Å². The molecule has 15 rings (SSSR count). The van der Waals surface area contributed by atoms with Gasteiger partial charge in [-0.25, -0.2) is 0 Å². The molecule has 1 saturated carbocycles. The van der Waals surface area contributed by atoms with Gasteiger partial charge in [-0.2, -0.15) is 0 Å². The Kier molecular flexibility index (Phi) is 9.65. The van der Waals surface area contributed by atoms with E-state index >= 15 is 0 Å². The lowest BCUT2D eigenvalue weighted by molar-refractivity contribution is 0.329. The largest absolute Gasteiger partial charge is 0.361 e. The quantitative estimate of drug-likeness (QED) is 0.150. The van der Waals surface area contributed by atoms with Gasteiger partial charge in [0, 0.05) is 52.0 Å². The number of allylic oxidation sites excluding steroid dienone is 16. The highest BCUT2D eigenvalue weighted by Gasteiger charge is 2.63. The van der Waals surface area contributed by atoms with Crippen LogP contribution >= 0.6 is 0 Å². The van der Waals surface area contributed by atoms with Crippen LogP contribution < -0.4 is 15.3 Å². The van der Waals surface area contributed by atoms with Gasteiger partial charge in [-0.1, -0.05) is 199 Å². The van der Waals surface area contributed by atoms with Crippen LogP contribution in [0.3, 0.4) is 0 Å². The summed E-state index contributed by atoms with van der Waals surface area (Å²) < 4.78 is 0. The topological polar surface area (TPSA) is 6.48 Å². The second kappa shape index (κ2) is 16.4. The third kappa shape index (κ3) is 6.27. The minimum atomic E-state index is -0.287. The van der Waals surface area contributed by atoms with E-state index in [1.807, 2.05) is 0 Å². The van der Waals surface area contributed by atoms with Crippen LogP contribution in [-0.4, -0.2) is 18.8 Å². The van der Waals surface area contributed by atoms with Crippen LogP contribution in [0.1, 0.15) is 104 Å². The first-order chi connectivity index (χ1) is 35.1. The molecule has 0 amide bonds. The number of nitrogens with zero attached hydrogens (tertiary/aromatic N) is 2. The minimum absolute atomic E-state index is 0.265. The highest BCUT2D eigenvalue weighted by atomic mass is 15.3. The normalized spacial score (nSPS) is 28.2. The van der Waals surface area contributed by atoms with Crippen molar-refractivity contribution in [3.8, 4) is 0 Å². The number of hydrogen-bond donors (Lipinski definition) is 0. The van der Waals surface area contributed by atoms with Gasteiger partial charge in [-0.15, -0.1) is 0 Å².